The Bertz CT molecular complexity index is 1600. The smallest absolute Gasteiger partial charge is 0.407 e. The SMILES string of the molecule is CCN(c1cc(-c2ccc(OCCO)nc2)cc(C(=O)NCc2c(C)cc(C)[nH]c2=O)c1C)[C@H]1CC[C@H](NC(=O)OC(C)(C)C)CC1. The monoisotopic (exact) mass is 647 g/mol. The second kappa shape index (κ2) is 15.5. The number of alkyl carbamates (subject to hydrolysis) is 1. The number of benzene rings is 1. The van der Waals surface area contributed by atoms with Crippen molar-refractivity contribution in [3.8, 4) is 17.0 Å². The zero-order valence-corrected chi connectivity index (χ0v) is 28.7. The minimum Gasteiger partial charge on any atom is -0.475 e. The highest BCUT2D eigenvalue weighted by Crippen LogP contribution is 2.35. The summed E-state index contributed by atoms with van der Waals surface area (Å²) in [4.78, 5) is 48.4. The first kappa shape index (κ1) is 35.5. The summed E-state index contributed by atoms with van der Waals surface area (Å²) in [5, 5.41) is 15.1. The molecule has 11 nitrogen and oxygen atoms in total. The zero-order valence-electron chi connectivity index (χ0n) is 28.7. The molecule has 1 saturated carbocycles. The summed E-state index contributed by atoms with van der Waals surface area (Å²) >= 11 is 0. The second-order valence-electron chi connectivity index (χ2n) is 13.2. The van der Waals surface area contributed by atoms with Crippen LogP contribution >= 0.6 is 0 Å². The molecule has 3 aromatic rings. The molecule has 0 spiro atoms. The molecule has 1 aliphatic rings. The van der Waals surface area contributed by atoms with Gasteiger partial charge in [-0.1, -0.05) is 0 Å². The Kier molecular flexibility index (Phi) is 11.7. The number of aliphatic hydroxyl groups is 1. The number of ether oxygens (including phenoxy) is 2. The molecule has 254 valence electrons. The van der Waals surface area contributed by atoms with Crippen LogP contribution in [0.2, 0.25) is 0 Å². The predicted octanol–water partition coefficient (Wildman–Crippen LogP) is 5.33. The molecular formula is C36H49N5O6. The van der Waals surface area contributed by atoms with Crippen molar-refractivity contribution in [2.24, 2.45) is 0 Å². The van der Waals surface area contributed by atoms with E-state index in [1.54, 1.807) is 12.3 Å². The van der Waals surface area contributed by atoms with Crippen LogP contribution in [0.3, 0.4) is 0 Å². The van der Waals surface area contributed by atoms with E-state index in [0.717, 1.165) is 65.9 Å². The van der Waals surface area contributed by atoms with Crippen LogP contribution in [-0.4, -0.2) is 64.5 Å². The topological polar surface area (TPSA) is 146 Å². The second-order valence-corrected chi connectivity index (χ2v) is 13.2. The Hall–Kier alpha value is -4.38. The number of carbonyl (C=O) groups is 2. The van der Waals surface area contributed by atoms with Crippen LogP contribution in [-0.2, 0) is 11.3 Å². The van der Waals surface area contributed by atoms with Gasteiger partial charge >= 0.3 is 6.09 Å². The Morgan fingerprint density at radius 2 is 1.79 bits per heavy atom. The minimum atomic E-state index is -0.552. The van der Waals surface area contributed by atoms with Crippen LogP contribution in [0.25, 0.3) is 11.1 Å². The van der Waals surface area contributed by atoms with Crippen LogP contribution in [0, 0.1) is 20.8 Å². The van der Waals surface area contributed by atoms with E-state index in [1.165, 1.54) is 0 Å². The van der Waals surface area contributed by atoms with E-state index in [0.29, 0.717) is 17.0 Å². The molecule has 4 rings (SSSR count). The van der Waals surface area contributed by atoms with Gasteiger partial charge < -0.3 is 35.1 Å². The summed E-state index contributed by atoms with van der Waals surface area (Å²) in [6.45, 7) is 14.2. The Balaban J connectivity index is 1.62. The number of hydrogen-bond acceptors (Lipinski definition) is 8. The lowest BCUT2D eigenvalue weighted by atomic mass is 9.89. The van der Waals surface area contributed by atoms with Gasteiger partial charge in [0.1, 0.15) is 12.2 Å². The lowest BCUT2D eigenvalue weighted by Crippen LogP contribution is -2.45. The Morgan fingerprint density at radius 3 is 2.38 bits per heavy atom. The number of nitrogens with one attached hydrogen (secondary N) is 3. The van der Waals surface area contributed by atoms with Gasteiger partial charge in [-0.05, 0) is 115 Å². The van der Waals surface area contributed by atoms with Crippen LogP contribution < -0.4 is 25.8 Å². The van der Waals surface area contributed by atoms with E-state index in [-0.39, 0.29) is 43.3 Å². The van der Waals surface area contributed by atoms with E-state index >= 15 is 0 Å². The van der Waals surface area contributed by atoms with Crippen molar-refractivity contribution < 1.29 is 24.2 Å². The van der Waals surface area contributed by atoms with E-state index in [1.807, 2.05) is 59.7 Å². The number of nitrogens with zero attached hydrogens (tertiary/aromatic N) is 2. The van der Waals surface area contributed by atoms with Crippen LogP contribution in [0.1, 0.15) is 86.1 Å². The maximum absolute atomic E-state index is 13.8. The number of aliphatic hydroxyl groups excluding tert-OH is 1. The largest absolute Gasteiger partial charge is 0.475 e. The zero-order chi connectivity index (χ0) is 34.3. The molecule has 11 heteroatoms. The summed E-state index contributed by atoms with van der Waals surface area (Å²) in [6.07, 6.45) is 4.67. The van der Waals surface area contributed by atoms with Crippen molar-refractivity contribution in [3.05, 3.63) is 74.8 Å². The summed E-state index contributed by atoms with van der Waals surface area (Å²) in [6, 6.07) is 9.73. The lowest BCUT2D eigenvalue weighted by Gasteiger charge is -2.39. The predicted molar refractivity (Wildman–Crippen MR) is 183 cm³/mol. The molecule has 0 bridgehead atoms. The quantitative estimate of drug-likeness (QED) is 0.219. The Labute approximate surface area is 277 Å². The summed E-state index contributed by atoms with van der Waals surface area (Å²) in [5.74, 6) is 0.126. The van der Waals surface area contributed by atoms with E-state index in [4.69, 9.17) is 14.6 Å². The number of amides is 2. The van der Waals surface area contributed by atoms with Gasteiger partial charge in [0, 0.05) is 65.5 Å². The third-order valence-electron chi connectivity index (χ3n) is 8.46. The highest BCUT2D eigenvalue weighted by molar-refractivity contribution is 5.99. The van der Waals surface area contributed by atoms with Crippen molar-refractivity contribution in [2.75, 3.05) is 24.7 Å². The third-order valence-corrected chi connectivity index (χ3v) is 8.46. The maximum Gasteiger partial charge on any atom is 0.407 e. The Morgan fingerprint density at radius 1 is 1.06 bits per heavy atom. The van der Waals surface area contributed by atoms with Gasteiger partial charge in [0.25, 0.3) is 11.5 Å². The molecule has 1 fully saturated rings. The molecule has 47 heavy (non-hydrogen) atoms. The standard InChI is InChI=1S/C36H49N5O6/c1-8-41(28-12-10-27(11-13-28)40-35(45)47-36(5,6)7)31-19-26(25-9-14-32(37-20-25)46-16-15-42)18-29(24(31)4)33(43)38-21-30-22(2)17-23(3)39-34(30)44/h9,14,17-20,27-28,42H,8,10-13,15-16,21H2,1-7H3,(H,38,43)(H,39,44)(H,40,45)/t27-,28-. The number of hydrogen-bond donors (Lipinski definition) is 4. The van der Waals surface area contributed by atoms with Gasteiger partial charge in [0.2, 0.25) is 5.88 Å². The average molecular weight is 648 g/mol. The lowest BCUT2D eigenvalue weighted by molar-refractivity contribution is 0.0491. The molecule has 0 unspecified atom stereocenters. The summed E-state index contributed by atoms with van der Waals surface area (Å²) in [7, 11) is 0. The number of anilines is 1. The summed E-state index contributed by atoms with van der Waals surface area (Å²) in [5.41, 5.74) is 5.28. The average Bonchev–Trinajstić information content (AvgIpc) is 3.00. The molecule has 0 atom stereocenters. The fourth-order valence-corrected chi connectivity index (χ4v) is 6.18. The molecular weight excluding hydrogens is 598 g/mol. The van der Waals surface area contributed by atoms with E-state index in [2.05, 4.69) is 38.5 Å². The number of aryl methyl sites for hydroxylation is 2. The van der Waals surface area contributed by atoms with Crippen LogP contribution in [0.4, 0.5) is 10.5 Å². The highest BCUT2D eigenvalue weighted by atomic mass is 16.6. The molecule has 2 amide bonds. The van der Waals surface area contributed by atoms with Crippen LogP contribution in [0.15, 0.2) is 41.3 Å². The molecule has 4 N–H and O–H groups in total. The van der Waals surface area contributed by atoms with Crippen molar-refractivity contribution in [2.45, 2.75) is 98.4 Å². The number of pyridine rings is 2. The molecule has 0 aliphatic heterocycles. The molecule has 1 aromatic carbocycles. The van der Waals surface area contributed by atoms with Crippen molar-refractivity contribution in [1.29, 1.82) is 0 Å². The van der Waals surface area contributed by atoms with Gasteiger partial charge in [-0.3, -0.25) is 9.59 Å². The van der Waals surface area contributed by atoms with Gasteiger partial charge in [-0.25, -0.2) is 9.78 Å². The fraction of sp³-hybridized carbons (Fsp3) is 0.500. The highest BCUT2D eigenvalue weighted by Gasteiger charge is 2.29. The first-order valence-corrected chi connectivity index (χ1v) is 16.4. The third kappa shape index (κ3) is 9.34. The van der Waals surface area contributed by atoms with Crippen molar-refractivity contribution >= 4 is 17.7 Å². The molecule has 2 aromatic heterocycles. The molecule has 0 saturated heterocycles. The van der Waals surface area contributed by atoms with E-state index < -0.39 is 11.7 Å². The fourth-order valence-electron chi connectivity index (χ4n) is 6.18. The van der Waals surface area contributed by atoms with Crippen molar-refractivity contribution in [3.63, 3.8) is 0 Å². The number of H-pyrrole nitrogens is 1. The van der Waals surface area contributed by atoms with Gasteiger partial charge in [0.05, 0.1) is 6.61 Å². The number of carbonyl (C=O) groups excluding carboxylic acids is 2. The molecule has 1 aliphatic carbocycles. The number of rotatable bonds is 11. The van der Waals surface area contributed by atoms with Gasteiger partial charge in [-0.15, -0.1) is 0 Å². The molecule has 2 heterocycles. The van der Waals surface area contributed by atoms with Gasteiger partial charge in [0.15, 0.2) is 0 Å². The van der Waals surface area contributed by atoms with Crippen LogP contribution in [0.5, 0.6) is 5.88 Å². The first-order chi connectivity index (χ1) is 22.3. The number of aromatic nitrogens is 2. The first-order valence-electron chi connectivity index (χ1n) is 16.4. The van der Waals surface area contributed by atoms with E-state index in [9.17, 15) is 14.4 Å². The number of aromatic amines is 1. The van der Waals surface area contributed by atoms with Gasteiger partial charge in [-0.2, -0.15) is 0 Å². The minimum absolute atomic E-state index is 0.0413. The molecule has 0 radical (unpaired) electrons. The normalized spacial score (nSPS) is 16.3. The van der Waals surface area contributed by atoms with Crippen molar-refractivity contribution in [1.82, 2.24) is 20.6 Å². The maximum atomic E-state index is 13.8. The summed E-state index contributed by atoms with van der Waals surface area (Å²) < 4.78 is 10.9.